The molecule has 0 spiro atoms. The summed E-state index contributed by atoms with van der Waals surface area (Å²) in [5, 5.41) is 8.48. The fraction of sp³-hybridized carbons (Fsp3) is 0.474. The molecule has 0 bridgehead atoms. The molecule has 3 aromatic rings. The van der Waals surface area contributed by atoms with Crippen LogP contribution in [0.5, 0.6) is 0 Å². The van der Waals surface area contributed by atoms with E-state index in [1.165, 1.54) is 21.7 Å². The van der Waals surface area contributed by atoms with Gasteiger partial charge in [-0.2, -0.15) is 0 Å². The topological polar surface area (TPSA) is 59.7 Å². The van der Waals surface area contributed by atoms with Crippen molar-refractivity contribution in [2.24, 2.45) is 0 Å². The van der Waals surface area contributed by atoms with Gasteiger partial charge in [-0.05, 0) is 12.1 Å². The van der Waals surface area contributed by atoms with Gasteiger partial charge < -0.3 is 4.90 Å². The summed E-state index contributed by atoms with van der Waals surface area (Å²) in [6.45, 7) is 5.52. The van der Waals surface area contributed by atoms with E-state index < -0.39 is 23.7 Å². The van der Waals surface area contributed by atoms with E-state index in [1.54, 1.807) is 6.07 Å². The third-order valence-corrected chi connectivity index (χ3v) is 5.21. The van der Waals surface area contributed by atoms with Gasteiger partial charge in [0.15, 0.2) is 17.0 Å². The number of fused-ring (bicyclic) bond motifs is 1. The summed E-state index contributed by atoms with van der Waals surface area (Å²) in [5.74, 6) is -2.46. The molecule has 29 heavy (non-hydrogen) atoms. The van der Waals surface area contributed by atoms with E-state index in [4.69, 9.17) is 11.6 Å². The molecule has 1 fully saturated rings. The van der Waals surface area contributed by atoms with Gasteiger partial charge in [-0.25, -0.2) is 27.8 Å². The third-order valence-electron chi connectivity index (χ3n) is 4.85. The second-order valence-electron chi connectivity index (χ2n) is 8.27. The minimum absolute atomic E-state index is 0.0121. The summed E-state index contributed by atoms with van der Waals surface area (Å²) < 4.78 is 43.3. The molecule has 154 valence electrons. The lowest BCUT2D eigenvalue weighted by Crippen LogP contribution is -2.27. The minimum Gasteiger partial charge on any atom is -0.348 e. The highest BCUT2D eigenvalue weighted by Crippen LogP contribution is 2.34. The number of halogens is 4. The highest BCUT2D eigenvalue weighted by molar-refractivity contribution is 6.31. The molecule has 1 saturated heterocycles. The van der Waals surface area contributed by atoms with Crippen molar-refractivity contribution < 1.29 is 13.2 Å². The Kier molecular flexibility index (Phi) is 4.68. The Morgan fingerprint density at radius 2 is 1.97 bits per heavy atom. The number of benzene rings is 1. The monoisotopic (exact) mass is 424 g/mol. The van der Waals surface area contributed by atoms with Crippen molar-refractivity contribution in [1.29, 1.82) is 0 Å². The summed E-state index contributed by atoms with van der Waals surface area (Å²) in [5.41, 5.74) is 0.486. The Labute approximate surface area is 170 Å². The van der Waals surface area contributed by atoms with Crippen LogP contribution in [0, 0.1) is 5.82 Å². The van der Waals surface area contributed by atoms with Crippen LogP contribution in [0.25, 0.3) is 11.2 Å². The van der Waals surface area contributed by atoms with Crippen LogP contribution < -0.4 is 4.90 Å². The van der Waals surface area contributed by atoms with Crippen molar-refractivity contribution in [2.75, 3.05) is 18.0 Å². The van der Waals surface area contributed by atoms with Crippen LogP contribution in [0.3, 0.4) is 0 Å². The normalized spacial score (nSPS) is 16.7. The summed E-state index contributed by atoms with van der Waals surface area (Å²) >= 11 is 6.14. The summed E-state index contributed by atoms with van der Waals surface area (Å²) in [4.78, 5) is 10.6. The summed E-state index contributed by atoms with van der Waals surface area (Å²) in [6, 6.07) is 4.42. The molecule has 6 nitrogen and oxygen atoms in total. The Bertz CT molecular complexity index is 1060. The molecule has 0 unspecified atom stereocenters. The lowest BCUT2D eigenvalue weighted by Gasteiger charge is -2.22. The molecule has 3 heterocycles. The maximum absolute atomic E-state index is 14.3. The molecular weight excluding hydrogens is 405 g/mol. The van der Waals surface area contributed by atoms with Gasteiger partial charge in [-0.3, -0.25) is 0 Å². The van der Waals surface area contributed by atoms with E-state index in [0.717, 1.165) is 0 Å². The number of nitrogens with zero attached hydrogens (tertiary/aromatic N) is 6. The molecule has 0 amide bonds. The molecule has 0 radical (unpaired) electrons. The Balaban J connectivity index is 1.85. The molecule has 1 aliphatic rings. The molecule has 4 rings (SSSR count). The van der Waals surface area contributed by atoms with Crippen molar-refractivity contribution in [1.82, 2.24) is 25.0 Å². The van der Waals surface area contributed by atoms with E-state index in [2.05, 4.69) is 20.3 Å². The SMILES string of the molecule is CC(C)(C)c1nc(N2CCC(F)(F)C2)c2nnn(Cc3c(F)cccc3Cl)c2n1. The Hall–Kier alpha value is -2.42. The second-order valence-corrected chi connectivity index (χ2v) is 8.68. The number of hydrogen-bond donors (Lipinski definition) is 0. The molecule has 0 saturated carbocycles. The summed E-state index contributed by atoms with van der Waals surface area (Å²) in [7, 11) is 0. The molecule has 1 aromatic carbocycles. The number of alkyl halides is 2. The zero-order valence-corrected chi connectivity index (χ0v) is 17.0. The highest BCUT2D eigenvalue weighted by Gasteiger charge is 2.40. The first-order valence-corrected chi connectivity index (χ1v) is 9.60. The van der Waals surface area contributed by atoms with Gasteiger partial charge in [0.05, 0.1) is 13.1 Å². The smallest absolute Gasteiger partial charge is 0.266 e. The number of aromatic nitrogens is 5. The number of anilines is 1. The molecule has 2 aromatic heterocycles. The van der Waals surface area contributed by atoms with E-state index in [-0.39, 0.29) is 30.1 Å². The first-order valence-electron chi connectivity index (χ1n) is 9.22. The number of hydrogen-bond acceptors (Lipinski definition) is 5. The van der Waals surface area contributed by atoms with Gasteiger partial charge in [0.1, 0.15) is 11.6 Å². The van der Waals surface area contributed by atoms with Crippen LogP contribution in [-0.2, 0) is 12.0 Å². The zero-order valence-electron chi connectivity index (χ0n) is 16.3. The van der Waals surface area contributed by atoms with Gasteiger partial charge in [-0.1, -0.05) is 43.7 Å². The second kappa shape index (κ2) is 6.83. The average Bonchev–Trinajstić information content (AvgIpc) is 3.19. The van der Waals surface area contributed by atoms with Crippen molar-refractivity contribution in [3.05, 3.63) is 40.4 Å². The van der Waals surface area contributed by atoms with Gasteiger partial charge in [0, 0.05) is 29.0 Å². The molecular formula is C19H20ClF3N6. The molecule has 0 atom stereocenters. The van der Waals surface area contributed by atoms with Gasteiger partial charge in [0.2, 0.25) is 0 Å². The average molecular weight is 425 g/mol. The van der Waals surface area contributed by atoms with Crippen LogP contribution in [-0.4, -0.2) is 44.0 Å². The number of rotatable bonds is 3. The van der Waals surface area contributed by atoms with Crippen molar-refractivity contribution >= 4 is 28.6 Å². The minimum atomic E-state index is -2.78. The molecule has 1 aliphatic heterocycles. The van der Waals surface area contributed by atoms with Crippen LogP contribution in [0.4, 0.5) is 19.0 Å². The van der Waals surface area contributed by atoms with Crippen molar-refractivity contribution in [3.8, 4) is 0 Å². The van der Waals surface area contributed by atoms with Gasteiger partial charge >= 0.3 is 0 Å². The fourth-order valence-corrected chi connectivity index (χ4v) is 3.48. The van der Waals surface area contributed by atoms with Crippen molar-refractivity contribution in [3.63, 3.8) is 0 Å². The van der Waals surface area contributed by atoms with E-state index in [0.29, 0.717) is 22.8 Å². The maximum atomic E-state index is 14.3. The van der Waals surface area contributed by atoms with Gasteiger partial charge in [-0.15, -0.1) is 5.10 Å². The molecule has 10 heteroatoms. The largest absolute Gasteiger partial charge is 0.348 e. The zero-order chi connectivity index (χ0) is 21.0. The highest BCUT2D eigenvalue weighted by atomic mass is 35.5. The lowest BCUT2D eigenvalue weighted by molar-refractivity contribution is 0.0257. The van der Waals surface area contributed by atoms with E-state index in [9.17, 15) is 13.2 Å². The molecule has 0 aliphatic carbocycles. The predicted octanol–water partition coefficient (Wildman–Crippen LogP) is 4.21. The standard InChI is InChI=1S/C19H20ClF3N6/c1-18(2,3)17-24-15(28-8-7-19(22,23)10-28)14-16(25-17)29(27-26-14)9-11-12(20)5-4-6-13(11)21/h4-6H,7-10H2,1-3H3. The van der Waals surface area contributed by atoms with Crippen LogP contribution in [0.2, 0.25) is 5.02 Å². The quantitative estimate of drug-likeness (QED) is 0.630. The summed E-state index contributed by atoms with van der Waals surface area (Å²) in [6.07, 6.45) is -0.248. The van der Waals surface area contributed by atoms with Crippen molar-refractivity contribution in [2.45, 2.75) is 45.1 Å². The maximum Gasteiger partial charge on any atom is 0.266 e. The fourth-order valence-electron chi connectivity index (χ4n) is 3.25. The first kappa shape index (κ1) is 19.9. The van der Waals surface area contributed by atoms with E-state index >= 15 is 0 Å². The van der Waals surface area contributed by atoms with Crippen LogP contribution in [0.15, 0.2) is 18.2 Å². The van der Waals surface area contributed by atoms with Gasteiger partial charge in [0.25, 0.3) is 5.92 Å². The third kappa shape index (κ3) is 3.75. The molecule has 0 N–H and O–H groups in total. The Morgan fingerprint density at radius 1 is 1.21 bits per heavy atom. The van der Waals surface area contributed by atoms with Crippen LogP contribution in [0.1, 0.15) is 38.6 Å². The van der Waals surface area contributed by atoms with E-state index in [1.807, 2.05) is 20.8 Å². The lowest BCUT2D eigenvalue weighted by atomic mass is 9.96. The Morgan fingerprint density at radius 3 is 2.59 bits per heavy atom. The predicted molar refractivity (Wildman–Crippen MR) is 104 cm³/mol. The first-order chi connectivity index (χ1) is 13.5. The van der Waals surface area contributed by atoms with Crippen LogP contribution >= 0.6 is 11.6 Å².